The minimum atomic E-state index is 0.441. The molecule has 1 saturated heterocycles. The van der Waals surface area contributed by atoms with E-state index in [1.54, 1.807) is 0 Å². The van der Waals surface area contributed by atoms with E-state index in [-0.39, 0.29) is 0 Å². The molecule has 0 saturated carbocycles. The Morgan fingerprint density at radius 3 is 2.85 bits per heavy atom. The molecular weight excluding hydrogens is 332 g/mol. The third kappa shape index (κ3) is 3.31. The Bertz CT molecular complexity index is 555. The average Bonchev–Trinajstić information content (AvgIpc) is 2.88. The van der Waals surface area contributed by atoms with Crippen LogP contribution in [0, 0.1) is 0 Å². The van der Waals surface area contributed by atoms with Gasteiger partial charge in [-0.3, -0.25) is 4.90 Å². The van der Waals surface area contributed by atoms with Crippen molar-refractivity contribution < 1.29 is 0 Å². The van der Waals surface area contributed by atoms with Crippen molar-refractivity contribution in [2.75, 3.05) is 13.1 Å². The zero-order valence-electron chi connectivity index (χ0n) is 11.6. The van der Waals surface area contributed by atoms with E-state index < -0.39 is 0 Å². The van der Waals surface area contributed by atoms with Gasteiger partial charge < -0.3 is 5.32 Å². The first-order chi connectivity index (χ1) is 9.72. The Morgan fingerprint density at radius 1 is 1.35 bits per heavy atom. The van der Waals surface area contributed by atoms with E-state index in [9.17, 15) is 0 Å². The van der Waals surface area contributed by atoms with Crippen molar-refractivity contribution in [1.82, 2.24) is 10.2 Å². The maximum atomic E-state index is 3.66. The van der Waals surface area contributed by atoms with E-state index in [4.69, 9.17) is 0 Å². The summed E-state index contributed by atoms with van der Waals surface area (Å²) in [5.41, 5.74) is 1.39. The smallest absolute Gasteiger partial charge is 0.0450 e. The predicted molar refractivity (Wildman–Crippen MR) is 89.1 cm³/mol. The fraction of sp³-hybridized carbons (Fsp3) is 0.375. The summed E-state index contributed by atoms with van der Waals surface area (Å²) in [5, 5.41) is 5.82. The molecule has 1 aromatic carbocycles. The first kappa shape index (κ1) is 14.3. The molecule has 0 bridgehead atoms. The summed E-state index contributed by atoms with van der Waals surface area (Å²) in [5.74, 6) is 0. The Morgan fingerprint density at radius 2 is 2.15 bits per heavy atom. The molecule has 1 aliphatic heterocycles. The Labute approximate surface area is 132 Å². The third-order valence-corrected chi connectivity index (χ3v) is 5.57. The van der Waals surface area contributed by atoms with E-state index in [2.05, 4.69) is 74.8 Å². The zero-order valence-corrected chi connectivity index (χ0v) is 14.0. The van der Waals surface area contributed by atoms with Gasteiger partial charge in [-0.05, 0) is 34.5 Å². The summed E-state index contributed by atoms with van der Waals surface area (Å²) in [6, 6.07) is 14.0. The highest BCUT2D eigenvalue weighted by atomic mass is 79.9. The minimum absolute atomic E-state index is 0.441. The van der Waals surface area contributed by atoms with Gasteiger partial charge in [0.15, 0.2) is 0 Å². The number of piperazine rings is 1. The Balaban J connectivity index is 1.70. The lowest BCUT2D eigenvalue weighted by Gasteiger charge is -2.38. The molecule has 0 aliphatic carbocycles. The van der Waals surface area contributed by atoms with Gasteiger partial charge >= 0.3 is 0 Å². The SMILES string of the molecule is CC1CNC(c2ccccc2)CN1Cc1cc(Br)cs1. The van der Waals surface area contributed by atoms with Crippen LogP contribution in [0.25, 0.3) is 0 Å². The van der Waals surface area contributed by atoms with Crippen molar-refractivity contribution in [1.29, 1.82) is 0 Å². The molecule has 0 radical (unpaired) electrons. The topological polar surface area (TPSA) is 15.3 Å². The van der Waals surface area contributed by atoms with Crippen molar-refractivity contribution in [3.05, 3.63) is 56.7 Å². The van der Waals surface area contributed by atoms with Crippen LogP contribution in [0.4, 0.5) is 0 Å². The minimum Gasteiger partial charge on any atom is -0.307 e. The number of nitrogens with zero attached hydrogens (tertiary/aromatic N) is 1. The van der Waals surface area contributed by atoms with Gasteiger partial charge in [-0.15, -0.1) is 11.3 Å². The molecule has 2 heterocycles. The van der Waals surface area contributed by atoms with Gasteiger partial charge in [0.05, 0.1) is 0 Å². The van der Waals surface area contributed by atoms with E-state index in [0.29, 0.717) is 12.1 Å². The summed E-state index contributed by atoms with van der Waals surface area (Å²) in [4.78, 5) is 4.00. The van der Waals surface area contributed by atoms with Crippen molar-refractivity contribution in [3.63, 3.8) is 0 Å². The molecule has 1 aliphatic rings. The van der Waals surface area contributed by atoms with Crippen LogP contribution in [0.5, 0.6) is 0 Å². The number of hydrogen-bond donors (Lipinski definition) is 1. The van der Waals surface area contributed by atoms with Gasteiger partial charge in [0, 0.05) is 46.4 Å². The molecule has 2 unspecified atom stereocenters. The first-order valence-corrected chi connectivity index (χ1v) is 8.65. The van der Waals surface area contributed by atoms with Crippen LogP contribution >= 0.6 is 27.3 Å². The second kappa shape index (κ2) is 6.39. The van der Waals surface area contributed by atoms with E-state index in [1.165, 1.54) is 14.9 Å². The van der Waals surface area contributed by atoms with Gasteiger partial charge in [-0.2, -0.15) is 0 Å². The molecule has 1 aromatic heterocycles. The quantitative estimate of drug-likeness (QED) is 0.898. The van der Waals surface area contributed by atoms with Crippen molar-refractivity contribution >= 4 is 27.3 Å². The fourth-order valence-corrected chi connectivity index (χ4v) is 4.16. The number of benzene rings is 1. The lowest BCUT2D eigenvalue weighted by molar-refractivity contribution is 0.134. The third-order valence-electron chi connectivity index (χ3n) is 3.88. The molecule has 1 N–H and O–H groups in total. The Kier molecular flexibility index (Phi) is 4.56. The Hall–Kier alpha value is -0.680. The van der Waals surface area contributed by atoms with Gasteiger partial charge in [-0.25, -0.2) is 0 Å². The molecule has 4 heteroatoms. The second-order valence-corrected chi connectivity index (χ2v) is 7.29. The fourth-order valence-electron chi connectivity index (χ4n) is 2.69. The van der Waals surface area contributed by atoms with Crippen LogP contribution in [0.3, 0.4) is 0 Å². The number of rotatable bonds is 3. The molecular formula is C16H19BrN2S. The van der Waals surface area contributed by atoms with E-state index in [0.717, 1.165) is 19.6 Å². The number of halogens is 1. The first-order valence-electron chi connectivity index (χ1n) is 6.97. The maximum absolute atomic E-state index is 3.66. The molecule has 0 amide bonds. The molecule has 2 atom stereocenters. The number of thiophene rings is 1. The largest absolute Gasteiger partial charge is 0.307 e. The number of hydrogen-bond acceptors (Lipinski definition) is 3. The van der Waals surface area contributed by atoms with Crippen LogP contribution in [-0.4, -0.2) is 24.0 Å². The molecule has 0 spiro atoms. The molecule has 2 aromatic rings. The molecule has 3 rings (SSSR count). The van der Waals surface area contributed by atoms with Crippen molar-refractivity contribution in [2.45, 2.75) is 25.6 Å². The van der Waals surface area contributed by atoms with Gasteiger partial charge in [0.1, 0.15) is 0 Å². The monoisotopic (exact) mass is 350 g/mol. The lowest BCUT2D eigenvalue weighted by atomic mass is 10.0. The highest BCUT2D eigenvalue weighted by molar-refractivity contribution is 9.10. The zero-order chi connectivity index (χ0) is 13.9. The van der Waals surface area contributed by atoms with Crippen LogP contribution in [-0.2, 0) is 6.54 Å². The molecule has 106 valence electrons. The van der Waals surface area contributed by atoms with Gasteiger partial charge in [0.25, 0.3) is 0 Å². The molecule has 2 nitrogen and oxygen atoms in total. The summed E-state index contributed by atoms with van der Waals surface area (Å²) in [7, 11) is 0. The number of nitrogens with one attached hydrogen (secondary N) is 1. The molecule has 20 heavy (non-hydrogen) atoms. The highest BCUT2D eigenvalue weighted by Crippen LogP contribution is 2.25. The average molecular weight is 351 g/mol. The van der Waals surface area contributed by atoms with Crippen LogP contribution in [0.2, 0.25) is 0 Å². The van der Waals surface area contributed by atoms with Crippen LogP contribution < -0.4 is 5.32 Å². The standard InChI is InChI=1S/C16H19BrN2S/c1-12-8-18-16(13-5-3-2-4-6-13)10-19(12)9-15-7-14(17)11-20-15/h2-7,11-12,16,18H,8-10H2,1H3. The van der Waals surface area contributed by atoms with E-state index in [1.807, 2.05) is 11.3 Å². The summed E-state index contributed by atoms with van der Waals surface area (Å²) >= 11 is 5.37. The normalized spacial score (nSPS) is 23.9. The van der Waals surface area contributed by atoms with Gasteiger partial charge in [0.2, 0.25) is 0 Å². The second-order valence-electron chi connectivity index (χ2n) is 5.38. The highest BCUT2D eigenvalue weighted by Gasteiger charge is 2.26. The van der Waals surface area contributed by atoms with E-state index >= 15 is 0 Å². The summed E-state index contributed by atoms with van der Waals surface area (Å²) in [6.07, 6.45) is 0. The summed E-state index contributed by atoms with van der Waals surface area (Å²) in [6.45, 7) is 5.46. The van der Waals surface area contributed by atoms with Crippen LogP contribution in [0.15, 0.2) is 46.3 Å². The van der Waals surface area contributed by atoms with Gasteiger partial charge in [-0.1, -0.05) is 30.3 Å². The predicted octanol–water partition coefficient (Wildman–Crippen LogP) is 4.05. The van der Waals surface area contributed by atoms with Crippen molar-refractivity contribution in [3.8, 4) is 0 Å². The van der Waals surface area contributed by atoms with Crippen molar-refractivity contribution in [2.24, 2.45) is 0 Å². The molecule has 1 fully saturated rings. The van der Waals surface area contributed by atoms with Crippen LogP contribution in [0.1, 0.15) is 23.4 Å². The summed E-state index contributed by atoms with van der Waals surface area (Å²) < 4.78 is 1.19. The lowest BCUT2D eigenvalue weighted by Crippen LogP contribution is -2.50. The maximum Gasteiger partial charge on any atom is 0.0450 e.